The summed E-state index contributed by atoms with van der Waals surface area (Å²) >= 11 is 0. The first-order valence-corrected chi connectivity index (χ1v) is 21.4. The molecule has 0 aliphatic rings. The average molecular weight is 695 g/mol. The van der Waals surface area contributed by atoms with Gasteiger partial charge < -0.3 is 14.2 Å². The maximum absolute atomic E-state index is 12.6. The van der Waals surface area contributed by atoms with Crippen LogP contribution in [0.4, 0.5) is 0 Å². The molecule has 290 valence electrons. The maximum atomic E-state index is 12.6. The highest BCUT2D eigenvalue weighted by Gasteiger charge is 2.19. The van der Waals surface area contributed by atoms with Crippen molar-refractivity contribution in [2.75, 3.05) is 13.2 Å². The Balaban J connectivity index is 4.23. The van der Waals surface area contributed by atoms with Gasteiger partial charge in [0.05, 0.1) is 0 Å². The Labute approximate surface area is 304 Å². The van der Waals surface area contributed by atoms with Gasteiger partial charge in [-0.1, -0.05) is 195 Å². The molecular weight excluding hydrogens is 612 g/mol. The number of hydrogen-bond acceptors (Lipinski definition) is 6. The third kappa shape index (κ3) is 36.0. The Morgan fingerprint density at radius 1 is 0.408 bits per heavy atom. The van der Waals surface area contributed by atoms with E-state index in [4.69, 9.17) is 14.2 Å². The van der Waals surface area contributed by atoms with E-state index in [1.807, 2.05) is 0 Å². The Hall–Kier alpha value is -1.59. The second kappa shape index (κ2) is 37.7. The van der Waals surface area contributed by atoms with Crippen molar-refractivity contribution in [2.24, 2.45) is 5.92 Å². The van der Waals surface area contributed by atoms with Crippen LogP contribution in [0.2, 0.25) is 0 Å². The van der Waals surface area contributed by atoms with Gasteiger partial charge in [0, 0.05) is 19.3 Å². The summed E-state index contributed by atoms with van der Waals surface area (Å²) in [5, 5.41) is 0. The van der Waals surface area contributed by atoms with Gasteiger partial charge in [0.15, 0.2) is 6.10 Å². The highest BCUT2D eigenvalue weighted by atomic mass is 16.6. The summed E-state index contributed by atoms with van der Waals surface area (Å²) in [6.07, 6.45) is 35.3. The van der Waals surface area contributed by atoms with Crippen molar-refractivity contribution in [3.8, 4) is 0 Å². The van der Waals surface area contributed by atoms with Gasteiger partial charge in [-0.3, -0.25) is 14.4 Å². The van der Waals surface area contributed by atoms with Crippen LogP contribution in [0.25, 0.3) is 0 Å². The predicted octanol–water partition coefficient (Wildman–Crippen LogP) is 13.2. The molecule has 0 fully saturated rings. The molecule has 0 rings (SSSR count). The highest BCUT2D eigenvalue weighted by molar-refractivity contribution is 5.71. The topological polar surface area (TPSA) is 78.9 Å². The fraction of sp³-hybridized carbons (Fsp3) is 0.930. The van der Waals surface area contributed by atoms with Crippen molar-refractivity contribution in [1.29, 1.82) is 0 Å². The number of hydrogen-bond donors (Lipinski definition) is 0. The minimum Gasteiger partial charge on any atom is -0.462 e. The van der Waals surface area contributed by atoms with Crippen LogP contribution in [0.3, 0.4) is 0 Å². The van der Waals surface area contributed by atoms with Crippen molar-refractivity contribution >= 4 is 17.9 Å². The number of carbonyl (C=O) groups is 3. The van der Waals surface area contributed by atoms with Crippen molar-refractivity contribution in [3.63, 3.8) is 0 Å². The maximum Gasteiger partial charge on any atom is 0.306 e. The summed E-state index contributed by atoms with van der Waals surface area (Å²) in [6, 6.07) is 0. The van der Waals surface area contributed by atoms with E-state index in [1.165, 1.54) is 122 Å². The second-order valence-electron chi connectivity index (χ2n) is 14.9. The molecule has 49 heavy (non-hydrogen) atoms. The van der Waals surface area contributed by atoms with Crippen LogP contribution in [0.1, 0.15) is 233 Å². The Morgan fingerprint density at radius 2 is 0.714 bits per heavy atom. The highest BCUT2D eigenvalue weighted by Crippen LogP contribution is 2.16. The molecular formula is C43H82O6. The lowest BCUT2D eigenvalue weighted by Gasteiger charge is -2.18. The molecule has 0 heterocycles. The van der Waals surface area contributed by atoms with Gasteiger partial charge in [-0.15, -0.1) is 0 Å². The average Bonchev–Trinajstić information content (AvgIpc) is 3.10. The van der Waals surface area contributed by atoms with E-state index in [0.717, 1.165) is 70.1 Å². The van der Waals surface area contributed by atoms with Crippen LogP contribution in [0.5, 0.6) is 0 Å². The van der Waals surface area contributed by atoms with Crippen molar-refractivity contribution < 1.29 is 28.6 Å². The van der Waals surface area contributed by atoms with Crippen molar-refractivity contribution in [2.45, 2.75) is 239 Å². The smallest absolute Gasteiger partial charge is 0.306 e. The number of rotatable bonds is 38. The summed E-state index contributed by atoms with van der Waals surface area (Å²) in [4.78, 5) is 37.4. The number of ether oxygens (including phenoxy) is 3. The molecule has 0 saturated carbocycles. The zero-order chi connectivity index (χ0) is 36.0. The lowest BCUT2D eigenvalue weighted by molar-refractivity contribution is -0.167. The van der Waals surface area contributed by atoms with Gasteiger partial charge in [0.2, 0.25) is 0 Å². The quantitative estimate of drug-likeness (QED) is 0.0364. The monoisotopic (exact) mass is 695 g/mol. The van der Waals surface area contributed by atoms with E-state index < -0.39 is 6.10 Å². The fourth-order valence-corrected chi connectivity index (χ4v) is 6.24. The van der Waals surface area contributed by atoms with Crippen LogP contribution in [-0.4, -0.2) is 37.2 Å². The Kier molecular flexibility index (Phi) is 36.4. The molecule has 0 aromatic rings. The molecule has 0 N–H and O–H groups in total. The first-order chi connectivity index (χ1) is 23.9. The number of carbonyl (C=O) groups excluding carboxylic acids is 3. The number of unbranched alkanes of at least 4 members (excludes halogenated alkanes) is 24. The first kappa shape index (κ1) is 47.4. The fourth-order valence-electron chi connectivity index (χ4n) is 6.24. The largest absolute Gasteiger partial charge is 0.462 e. The molecule has 1 unspecified atom stereocenters. The van der Waals surface area contributed by atoms with E-state index in [-0.39, 0.29) is 31.1 Å². The normalized spacial score (nSPS) is 12.5. The van der Waals surface area contributed by atoms with Crippen LogP contribution in [0.15, 0.2) is 0 Å². The van der Waals surface area contributed by atoms with Gasteiger partial charge in [-0.2, -0.15) is 0 Å². The standard InChI is InChI=1S/C43H82O6/c1-5-8-10-12-13-14-15-16-20-23-27-31-35-42(45)48-38-40(37-47-41(44)34-30-25-11-9-6-2)49-43(46)36-32-28-24-21-18-17-19-22-26-29-33-39(4)7-3/h39-40H,5-38H2,1-4H3/t39?,40-/m0/s1. The minimum atomic E-state index is -0.757. The van der Waals surface area contributed by atoms with Crippen LogP contribution in [-0.2, 0) is 28.6 Å². The second-order valence-corrected chi connectivity index (χ2v) is 14.9. The third-order valence-electron chi connectivity index (χ3n) is 9.90. The van der Waals surface area contributed by atoms with Gasteiger partial charge in [0.1, 0.15) is 13.2 Å². The summed E-state index contributed by atoms with van der Waals surface area (Å²) in [7, 11) is 0. The molecule has 0 aliphatic heterocycles. The van der Waals surface area contributed by atoms with E-state index in [1.54, 1.807) is 0 Å². The summed E-state index contributed by atoms with van der Waals surface area (Å²) in [6.45, 7) is 8.92. The van der Waals surface area contributed by atoms with Gasteiger partial charge >= 0.3 is 17.9 Å². The molecule has 0 aromatic carbocycles. The van der Waals surface area contributed by atoms with E-state index >= 15 is 0 Å². The molecule has 0 radical (unpaired) electrons. The molecule has 0 saturated heterocycles. The molecule has 6 heteroatoms. The zero-order valence-electron chi connectivity index (χ0n) is 33.1. The van der Waals surface area contributed by atoms with Gasteiger partial charge in [-0.05, 0) is 25.2 Å². The van der Waals surface area contributed by atoms with Crippen LogP contribution in [0, 0.1) is 5.92 Å². The van der Waals surface area contributed by atoms with Gasteiger partial charge in [0.25, 0.3) is 0 Å². The van der Waals surface area contributed by atoms with Crippen LogP contribution < -0.4 is 0 Å². The zero-order valence-corrected chi connectivity index (χ0v) is 33.1. The molecule has 0 aliphatic carbocycles. The Morgan fingerprint density at radius 3 is 1.06 bits per heavy atom. The van der Waals surface area contributed by atoms with E-state index in [2.05, 4.69) is 27.7 Å². The lowest BCUT2D eigenvalue weighted by Crippen LogP contribution is -2.30. The molecule has 0 aromatic heterocycles. The molecule has 0 amide bonds. The summed E-state index contributed by atoms with van der Waals surface area (Å²) in [5.74, 6) is -0.00475. The molecule has 6 nitrogen and oxygen atoms in total. The van der Waals surface area contributed by atoms with Crippen molar-refractivity contribution in [1.82, 2.24) is 0 Å². The molecule has 0 spiro atoms. The summed E-state index contributed by atoms with van der Waals surface area (Å²) < 4.78 is 16.6. The Bertz CT molecular complexity index is 738. The van der Waals surface area contributed by atoms with Crippen molar-refractivity contribution in [3.05, 3.63) is 0 Å². The first-order valence-electron chi connectivity index (χ1n) is 21.4. The SMILES string of the molecule is CCCCCCCCCCCCCCC(=O)OC[C@H](COC(=O)CCCCCCC)OC(=O)CCCCCCCCCCCCC(C)CC. The minimum absolute atomic E-state index is 0.0652. The van der Waals surface area contributed by atoms with E-state index in [9.17, 15) is 14.4 Å². The molecule has 2 atom stereocenters. The van der Waals surface area contributed by atoms with E-state index in [0.29, 0.717) is 19.3 Å². The number of esters is 3. The summed E-state index contributed by atoms with van der Waals surface area (Å²) in [5.41, 5.74) is 0. The predicted molar refractivity (Wildman–Crippen MR) is 206 cm³/mol. The van der Waals surface area contributed by atoms with Gasteiger partial charge in [-0.25, -0.2) is 0 Å². The molecule has 0 bridgehead atoms. The van der Waals surface area contributed by atoms with Crippen LogP contribution >= 0.6 is 0 Å². The third-order valence-corrected chi connectivity index (χ3v) is 9.90. The lowest BCUT2D eigenvalue weighted by atomic mass is 9.99.